The first-order valence-electron chi connectivity index (χ1n) is 5.62. The molecule has 2 aromatic rings. The Kier molecular flexibility index (Phi) is 3.83. The molecule has 0 aliphatic carbocycles. The van der Waals surface area contributed by atoms with Gasteiger partial charge in [0.15, 0.2) is 9.84 Å². The van der Waals surface area contributed by atoms with Crippen molar-refractivity contribution in [3.63, 3.8) is 0 Å². The zero-order valence-electron chi connectivity index (χ0n) is 10.5. The van der Waals surface area contributed by atoms with Gasteiger partial charge in [-0.1, -0.05) is 29.8 Å². The second-order valence-corrected chi connectivity index (χ2v) is 6.72. The van der Waals surface area contributed by atoms with Crippen LogP contribution in [-0.2, 0) is 9.84 Å². The van der Waals surface area contributed by atoms with E-state index in [1.165, 1.54) is 24.3 Å². The third kappa shape index (κ3) is 3.00. The molecule has 1 N–H and O–H groups in total. The molecular weight excluding hydrogens is 300 g/mol. The van der Waals surface area contributed by atoms with E-state index < -0.39 is 15.8 Å². The summed E-state index contributed by atoms with van der Waals surface area (Å²) in [5.41, 5.74) is 1.33. The van der Waals surface area contributed by atoms with Crippen LogP contribution in [0.1, 0.15) is 10.4 Å². The minimum Gasteiger partial charge on any atom is -0.478 e. The van der Waals surface area contributed by atoms with Gasteiger partial charge in [-0.3, -0.25) is 0 Å². The first kappa shape index (κ1) is 14.6. The summed E-state index contributed by atoms with van der Waals surface area (Å²) < 4.78 is 23.0. The quantitative estimate of drug-likeness (QED) is 0.945. The molecule has 0 amide bonds. The highest BCUT2D eigenvalue weighted by Gasteiger charge is 2.11. The topological polar surface area (TPSA) is 71.4 Å². The van der Waals surface area contributed by atoms with Crippen molar-refractivity contribution in [2.75, 3.05) is 6.26 Å². The summed E-state index contributed by atoms with van der Waals surface area (Å²) in [6, 6.07) is 10.9. The van der Waals surface area contributed by atoms with Gasteiger partial charge < -0.3 is 5.11 Å². The van der Waals surface area contributed by atoms with Crippen molar-refractivity contribution in [1.82, 2.24) is 0 Å². The van der Waals surface area contributed by atoms with Crippen LogP contribution in [0.2, 0.25) is 5.02 Å². The minimum absolute atomic E-state index is 0.00897. The molecule has 0 radical (unpaired) electrons. The van der Waals surface area contributed by atoms with Crippen molar-refractivity contribution in [2.24, 2.45) is 0 Å². The number of carboxylic acids is 1. The summed E-state index contributed by atoms with van der Waals surface area (Å²) in [6.07, 6.45) is 1.13. The molecule has 0 saturated carbocycles. The lowest BCUT2D eigenvalue weighted by molar-refractivity contribution is 0.0697. The van der Waals surface area contributed by atoms with Crippen LogP contribution in [0.5, 0.6) is 0 Å². The van der Waals surface area contributed by atoms with Crippen LogP contribution < -0.4 is 0 Å². The lowest BCUT2D eigenvalue weighted by atomic mass is 10.0. The van der Waals surface area contributed by atoms with E-state index >= 15 is 0 Å². The highest BCUT2D eigenvalue weighted by atomic mass is 35.5. The third-order valence-electron chi connectivity index (χ3n) is 2.80. The van der Waals surface area contributed by atoms with Gasteiger partial charge in [0, 0.05) is 6.26 Å². The molecule has 2 aromatic carbocycles. The van der Waals surface area contributed by atoms with Crippen molar-refractivity contribution < 1.29 is 18.3 Å². The van der Waals surface area contributed by atoms with Gasteiger partial charge in [0.2, 0.25) is 0 Å². The molecule has 0 atom stereocenters. The van der Waals surface area contributed by atoms with E-state index in [0.29, 0.717) is 11.1 Å². The first-order valence-corrected chi connectivity index (χ1v) is 7.89. The second-order valence-electron chi connectivity index (χ2n) is 4.30. The van der Waals surface area contributed by atoms with Gasteiger partial charge in [0.25, 0.3) is 0 Å². The van der Waals surface area contributed by atoms with E-state index in [0.717, 1.165) is 6.26 Å². The SMILES string of the molecule is CS(=O)(=O)c1cccc(-c2ccc(C(=O)O)c(Cl)c2)c1. The van der Waals surface area contributed by atoms with Crippen molar-refractivity contribution in [3.05, 3.63) is 53.1 Å². The minimum atomic E-state index is -3.29. The molecule has 0 aromatic heterocycles. The van der Waals surface area contributed by atoms with Crippen molar-refractivity contribution >= 4 is 27.4 Å². The number of sulfone groups is 1. The van der Waals surface area contributed by atoms with Crippen LogP contribution >= 0.6 is 11.6 Å². The smallest absolute Gasteiger partial charge is 0.337 e. The highest BCUT2D eigenvalue weighted by Crippen LogP contribution is 2.27. The van der Waals surface area contributed by atoms with Crippen LogP contribution in [0.15, 0.2) is 47.4 Å². The third-order valence-corrected chi connectivity index (χ3v) is 4.22. The van der Waals surface area contributed by atoms with Crippen LogP contribution in [0.4, 0.5) is 0 Å². The average molecular weight is 311 g/mol. The van der Waals surface area contributed by atoms with E-state index in [1.807, 2.05) is 0 Å². The van der Waals surface area contributed by atoms with Crippen molar-refractivity contribution in [3.8, 4) is 11.1 Å². The summed E-state index contributed by atoms with van der Waals surface area (Å²) >= 11 is 5.90. The lowest BCUT2D eigenvalue weighted by Crippen LogP contribution is -1.98. The predicted molar refractivity (Wildman–Crippen MR) is 77.0 cm³/mol. The average Bonchev–Trinajstić information content (AvgIpc) is 2.37. The Labute approximate surface area is 121 Å². The highest BCUT2D eigenvalue weighted by molar-refractivity contribution is 7.90. The number of carboxylic acid groups (broad SMARTS) is 1. The Morgan fingerprint density at radius 2 is 1.75 bits per heavy atom. The Balaban J connectivity index is 2.53. The molecule has 0 aliphatic heterocycles. The fourth-order valence-electron chi connectivity index (χ4n) is 1.77. The number of aromatic carboxylic acids is 1. The summed E-state index contributed by atoms with van der Waals surface area (Å²) in [6.45, 7) is 0. The van der Waals surface area contributed by atoms with E-state index in [9.17, 15) is 13.2 Å². The molecule has 104 valence electrons. The van der Waals surface area contributed by atoms with Gasteiger partial charge >= 0.3 is 5.97 Å². The number of halogens is 1. The van der Waals surface area contributed by atoms with Gasteiger partial charge in [-0.2, -0.15) is 0 Å². The van der Waals surface area contributed by atoms with Crippen molar-refractivity contribution in [2.45, 2.75) is 4.90 Å². The maximum Gasteiger partial charge on any atom is 0.337 e. The van der Waals surface area contributed by atoms with Gasteiger partial charge in [-0.25, -0.2) is 13.2 Å². The van der Waals surface area contributed by atoms with E-state index in [2.05, 4.69) is 0 Å². The Morgan fingerprint density at radius 3 is 2.30 bits per heavy atom. The molecule has 0 saturated heterocycles. The summed E-state index contributed by atoms with van der Waals surface area (Å²) in [5, 5.41) is 9.03. The first-order chi connectivity index (χ1) is 9.29. The van der Waals surface area contributed by atoms with E-state index in [-0.39, 0.29) is 15.5 Å². The van der Waals surface area contributed by atoms with E-state index in [1.54, 1.807) is 18.2 Å². The Bertz CT molecular complexity index is 782. The van der Waals surface area contributed by atoms with Crippen LogP contribution in [0, 0.1) is 0 Å². The Hall–Kier alpha value is -1.85. The zero-order valence-corrected chi connectivity index (χ0v) is 12.1. The lowest BCUT2D eigenvalue weighted by Gasteiger charge is -2.06. The molecule has 0 spiro atoms. The molecule has 0 aliphatic rings. The normalized spacial score (nSPS) is 11.3. The molecule has 6 heteroatoms. The standard InChI is InChI=1S/C14H11ClO4S/c1-20(18,19)11-4-2-3-9(7-11)10-5-6-12(14(16)17)13(15)8-10/h2-8H,1H3,(H,16,17). The number of rotatable bonds is 3. The summed E-state index contributed by atoms with van der Waals surface area (Å²) in [5.74, 6) is -1.11. The molecule has 0 heterocycles. The maximum absolute atomic E-state index is 11.5. The Morgan fingerprint density at radius 1 is 1.10 bits per heavy atom. The molecule has 0 fully saturated rings. The van der Waals surface area contributed by atoms with Gasteiger partial charge in [-0.05, 0) is 35.4 Å². The fourth-order valence-corrected chi connectivity index (χ4v) is 2.70. The summed E-state index contributed by atoms with van der Waals surface area (Å²) in [4.78, 5) is 11.1. The molecular formula is C14H11ClO4S. The summed E-state index contributed by atoms with van der Waals surface area (Å²) in [7, 11) is -3.29. The van der Waals surface area contributed by atoms with Gasteiger partial charge in [0.05, 0.1) is 15.5 Å². The van der Waals surface area contributed by atoms with Crippen LogP contribution in [-0.4, -0.2) is 25.7 Å². The fraction of sp³-hybridized carbons (Fsp3) is 0.0714. The number of carbonyl (C=O) groups is 1. The van der Waals surface area contributed by atoms with Crippen LogP contribution in [0.3, 0.4) is 0 Å². The largest absolute Gasteiger partial charge is 0.478 e. The number of hydrogen-bond donors (Lipinski definition) is 1. The predicted octanol–water partition coefficient (Wildman–Crippen LogP) is 3.11. The monoisotopic (exact) mass is 310 g/mol. The zero-order chi connectivity index (χ0) is 14.9. The second kappa shape index (κ2) is 5.26. The van der Waals surface area contributed by atoms with E-state index in [4.69, 9.17) is 16.7 Å². The van der Waals surface area contributed by atoms with Gasteiger partial charge in [0.1, 0.15) is 0 Å². The number of benzene rings is 2. The molecule has 0 unspecified atom stereocenters. The maximum atomic E-state index is 11.5. The van der Waals surface area contributed by atoms with Gasteiger partial charge in [-0.15, -0.1) is 0 Å². The molecule has 20 heavy (non-hydrogen) atoms. The van der Waals surface area contributed by atoms with Crippen LogP contribution in [0.25, 0.3) is 11.1 Å². The van der Waals surface area contributed by atoms with Crippen molar-refractivity contribution in [1.29, 1.82) is 0 Å². The molecule has 2 rings (SSSR count). The number of hydrogen-bond acceptors (Lipinski definition) is 3. The molecule has 0 bridgehead atoms. The molecule has 4 nitrogen and oxygen atoms in total.